The number of rotatable bonds is 3. The molecule has 0 amide bonds. The van der Waals surface area contributed by atoms with Crippen molar-refractivity contribution in [2.45, 2.75) is 6.42 Å². The molecule has 3 nitrogen and oxygen atoms in total. The normalized spacial score (nSPS) is 11.1. The molecule has 4 rings (SSSR count). The van der Waals surface area contributed by atoms with Gasteiger partial charge in [-0.05, 0) is 36.4 Å². The molecule has 4 aromatic rings. The molecule has 0 radical (unpaired) electrons. The van der Waals surface area contributed by atoms with Crippen molar-refractivity contribution < 1.29 is 4.39 Å². The molecule has 0 saturated carbocycles. The molecule has 3 heterocycles. The standard InChI is InChI=1S/C17H12FN3S/c18-13-6-4-12(5-7-13)15-11-22-17(20-15)9-14-10-21-8-2-1-3-16(21)19-14/h1-8,10-11H,9H2. The van der Waals surface area contributed by atoms with E-state index in [1.54, 1.807) is 23.5 Å². The van der Waals surface area contributed by atoms with E-state index in [2.05, 4.69) is 9.97 Å². The van der Waals surface area contributed by atoms with E-state index in [4.69, 9.17) is 0 Å². The van der Waals surface area contributed by atoms with Gasteiger partial charge in [0.1, 0.15) is 11.5 Å². The fourth-order valence-corrected chi connectivity index (χ4v) is 3.19. The van der Waals surface area contributed by atoms with Crippen molar-refractivity contribution in [1.29, 1.82) is 0 Å². The SMILES string of the molecule is Fc1ccc(-c2csc(Cc3cn4ccccc4n3)n2)cc1. The number of aromatic nitrogens is 3. The van der Waals surface area contributed by atoms with Gasteiger partial charge in [0.15, 0.2) is 0 Å². The fourth-order valence-electron chi connectivity index (χ4n) is 2.37. The van der Waals surface area contributed by atoms with Gasteiger partial charge in [-0.25, -0.2) is 14.4 Å². The van der Waals surface area contributed by atoms with Crippen LogP contribution in [0.4, 0.5) is 4.39 Å². The predicted octanol–water partition coefficient (Wildman–Crippen LogP) is 4.19. The van der Waals surface area contributed by atoms with Crippen LogP contribution >= 0.6 is 11.3 Å². The van der Waals surface area contributed by atoms with E-state index in [0.717, 1.165) is 27.6 Å². The summed E-state index contributed by atoms with van der Waals surface area (Å²) < 4.78 is 15.0. The summed E-state index contributed by atoms with van der Waals surface area (Å²) in [6, 6.07) is 12.3. The lowest BCUT2D eigenvalue weighted by atomic mass is 10.2. The van der Waals surface area contributed by atoms with Crippen molar-refractivity contribution in [3.63, 3.8) is 0 Å². The molecule has 0 atom stereocenters. The first kappa shape index (κ1) is 13.2. The molecule has 0 bridgehead atoms. The van der Waals surface area contributed by atoms with Crippen molar-refractivity contribution >= 4 is 17.0 Å². The molecule has 1 aromatic carbocycles. The number of imidazole rings is 1. The van der Waals surface area contributed by atoms with Crippen LogP contribution in [-0.4, -0.2) is 14.4 Å². The van der Waals surface area contributed by atoms with Crippen LogP contribution in [0.15, 0.2) is 60.2 Å². The zero-order valence-electron chi connectivity index (χ0n) is 11.6. The average Bonchev–Trinajstić information content (AvgIpc) is 3.14. The Kier molecular flexibility index (Phi) is 3.20. The van der Waals surface area contributed by atoms with E-state index in [9.17, 15) is 4.39 Å². The van der Waals surface area contributed by atoms with E-state index in [-0.39, 0.29) is 5.82 Å². The lowest BCUT2D eigenvalue weighted by Gasteiger charge is -1.95. The highest BCUT2D eigenvalue weighted by Crippen LogP contribution is 2.23. The van der Waals surface area contributed by atoms with Gasteiger partial charge in [-0.3, -0.25) is 0 Å². The maximum Gasteiger partial charge on any atom is 0.136 e. The third-order valence-corrected chi connectivity index (χ3v) is 4.29. The number of hydrogen-bond acceptors (Lipinski definition) is 3. The van der Waals surface area contributed by atoms with E-state index < -0.39 is 0 Å². The highest BCUT2D eigenvalue weighted by molar-refractivity contribution is 7.10. The maximum atomic E-state index is 13.0. The van der Waals surface area contributed by atoms with Crippen molar-refractivity contribution in [3.05, 3.63) is 76.8 Å². The average molecular weight is 309 g/mol. The first-order valence-electron chi connectivity index (χ1n) is 6.91. The number of thiazole rings is 1. The van der Waals surface area contributed by atoms with Crippen molar-refractivity contribution in [2.24, 2.45) is 0 Å². The molecule has 0 spiro atoms. The third-order valence-electron chi connectivity index (χ3n) is 3.44. The molecule has 108 valence electrons. The molecule has 0 saturated heterocycles. The van der Waals surface area contributed by atoms with Crippen LogP contribution in [0.5, 0.6) is 0 Å². The molecule has 22 heavy (non-hydrogen) atoms. The Bertz CT molecular complexity index is 891. The van der Waals surface area contributed by atoms with Crippen molar-refractivity contribution in [1.82, 2.24) is 14.4 Å². The summed E-state index contributed by atoms with van der Waals surface area (Å²) in [5.74, 6) is -0.232. The summed E-state index contributed by atoms with van der Waals surface area (Å²) in [6.45, 7) is 0. The van der Waals surface area contributed by atoms with Gasteiger partial charge >= 0.3 is 0 Å². The van der Waals surface area contributed by atoms with Crippen LogP contribution in [0, 0.1) is 5.82 Å². The summed E-state index contributed by atoms with van der Waals surface area (Å²) >= 11 is 1.60. The second-order valence-electron chi connectivity index (χ2n) is 5.01. The van der Waals surface area contributed by atoms with Crippen LogP contribution in [0.3, 0.4) is 0 Å². The molecular weight excluding hydrogens is 297 g/mol. The van der Waals surface area contributed by atoms with Gasteiger partial charge in [0.05, 0.1) is 16.4 Å². The summed E-state index contributed by atoms with van der Waals surface area (Å²) in [4.78, 5) is 9.20. The van der Waals surface area contributed by atoms with Gasteiger partial charge < -0.3 is 4.40 Å². The van der Waals surface area contributed by atoms with Crippen molar-refractivity contribution in [3.8, 4) is 11.3 Å². The fraction of sp³-hybridized carbons (Fsp3) is 0.0588. The lowest BCUT2D eigenvalue weighted by molar-refractivity contribution is 0.628. The Morgan fingerprint density at radius 3 is 2.73 bits per heavy atom. The Balaban J connectivity index is 1.60. The van der Waals surface area contributed by atoms with E-state index in [0.29, 0.717) is 6.42 Å². The third kappa shape index (κ3) is 2.51. The number of pyridine rings is 1. The zero-order valence-corrected chi connectivity index (χ0v) is 12.4. The predicted molar refractivity (Wildman–Crippen MR) is 85.5 cm³/mol. The van der Waals surface area contributed by atoms with Crippen LogP contribution in [0.2, 0.25) is 0 Å². The van der Waals surface area contributed by atoms with Gasteiger partial charge in [0.2, 0.25) is 0 Å². The van der Waals surface area contributed by atoms with Gasteiger partial charge in [-0.15, -0.1) is 11.3 Å². The van der Waals surface area contributed by atoms with Crippen LogP contribution in [0.1, 0.15) is 10.7 Å². The molecular formula is C17H12FN3S. The number of benzene rings is 1. The van der Waals surface area contributed by atoms with Crippen LogP contribution in [0.25, 0.3) is 16.9 Å². The minimum atomic E-state index is -0.232. The van der Waals surface area contributed by atoms with Gasteiger partial charge in [-0.2, -0.15) is 0 Å². The topological polar surface area (TPSA) is 30.2 Å². The van der Waals surface area contributed by atoms with Gasteiger partial charge in [-0.1, -0.05) is 6.07 Å². The molecule has 0 aliphatic carbocycles. The highest BCUT2D eigenvalue weighted by atomic mass is 32.1. The van der Waals surface area contributed by atoms with Crippen LogP contribution in [-0.2, 0) is 6.42 Å². The van der Waals surface area contributed by atoms with Crippen molar-refractivity contribution in [2.75, 3.05) is 0 Å². The smallest absolute Gasteiger partial charge is 0.136 e. The van der Waals surface area contributed by atoms with Gasteiger partial charge in [0, 0.05) is 29.8 Å². The molecule has 5 heteroatoms. The highest BCUT2D eigenvalue weighted by Gasteiger charge is 2.08. The molecule has 0 N–H and O–H groups in total. The van der Waals surface area contributed by atoms with Gasteiger partial charge in [0.25, 0.3) is 0 Å². The lowest BCUT2D eigenvalue weighted by Crippen LogP contribution is -1.87. The number of nitrogens with zero attached hydrogens (tertiary/aromatic N) is 3. The Morgan fingerprint density at radius 1 is 1.05 bits per heavy atom. The first-order chi connectivity index (χ1) is 10.8. The summed E-state index contributed by atoms with van der Waals surface area (Å²) in [6.07, 6.45) is 4.71. The quantitative estimate of drug-likeness (QED) is 0.568. The Hall–Kier alpha value is -2.53. The molecule has 0 unspecified atom stereocenters. The van der Waals surface area contributed by atoms with E-state index >= 15 is 0 Å². The summed E-state index contributed by atoms with van der Waals surface area (Å²) in [5, 5.41) is 3.00. The Labute approximate surface area is 130 Å². The number of halogens is 1. The van der Waals surface area contributed by atoms with E-state index in [1.807, 2.05) is 40.4 Å². The number of hydrogen-bond donors (Lipinski definition) is 0. The minimum Gasteiger partial charge on any atom is -0.307 e. The molecule has 0 aliphatic heterocycles. The summed E-state index contributed by atoms with van der Waals surface area (Å²) in [5.41, 5.74) is 3.74. The molecule has 3 aromatic heterocycles. The zero-order chi connectivity index (χ0) is 14.9. The molecule has 0 fully saturated rings. The minimum absolute atomic E-state index is 0.232. The Morgan fingerprint density at radius 2 is 1.91 bits per heavy atom. The largest absolute Gasteiger partial charge is 0.307 e. The summed E-state index contributed by atoms with van der Waals surface area (Å²) in [7, 11) is 0. The first-order valence-corrected chi connectivity index (χ1v) is 7.79. The molecule has 0 aliphatic rings. The number of fused-ring (bicyclic) bond motifs is 1. The van der Waals surface area contributed by atoms with Crippen LogP contribution < -0.4 is 0 Å². The maximum absolute atomic E-state index is 13.0. The van der Waals surface area contributed by atoms with E-state index in [1.165, 1.54) is 12.1 Å². The second kappa shape index (κ2) is 5.35. The second-order valence-corrected chi connectivity index (χ2v) is 5.95. The monoisotopic (exact) mass is 309 g/mol.